The molecule has 2 heterocycles. The van der Waals surface area contributed by atoms with Crippen molar-refractivity contribution in [3.05, 3.63) is 29.8 Å². The van der Waals surface area contributed by atoms with Gasteiger partial charge in [0.25, 0.3) is 5.91 Å². The normalized spacial score (nSPS) is 23.4. The van der Waals surface area contributed by atoms with Gasteiger partial charge in [0, 0.05) is 43.7 Å². The number of ether oxygens (including phenoxy) is 2. The Morgan fingerprint density at radius 1 is 1.15 bits per heavy atom. The van der Waals surface area contributed by atoms with E-state index in [4.69, 9.17) is 9.47 Å². The van der Waals surface area contributed by atoms with Crippen molar-refractivity contribution in [2.24, 2.45) is 0 Å². The number of benzene rings is 1. The average molecular weight is 375 g/mol. The van der Waals surface area contributed by atoms with E-state index < -0.39 is 11.4 Å². The van der Waals surface area contributed by atoms with Gasteiger partial charge in [-0.25, -0.2) is 4.79 Å². The van der Waals surface area contributed by atoms with E-state index in [-0.39, 0.29) is 18.5 Å². The van der Waals surface area contributed by atoms with Crippen molar-refractivity contribution in [3.8, 4) is 0 Å². The molecule has 3 fully saturated rings. The molecule has 8 nitrogen and oxygen atoms in total. The van der Waals surface area contributed by atoms with Crippen molar-refractivity contribution in [3.63, 3.8) is 0 Å². The minimum absolute atomic E-state index is 0.125. The van der Waals surface area contributed by atoms with Crippen LogP contribution in [0.4, 0.5) is 10.5 Å². The Bertz CT molecular complexity index is 705. The van der Waals surface area contributed by atoms with Crippen LogP contribution in [0.1, 0.15) is 36.0 Å². The van der Waals surface area contributed by atoms with Gasteiger partial charge in [0.1, 0.15) is 0 Å². The lowest BCUT2D eigenvalue weighted by Gasteiger charge is -2.40. The lowest BCUT2D eigenvalue weighted by molar-refractivity contribution is -0.201. The van der Waals surface area contributed by atoms with Gasteiger partial charge in [0.2, 0.25) is 0 Å². The standard InChI is InChI=1S/C19H25N3O5/c23-16(14-1-3-15(4-2-14)22-10-9-20-17(22)24)21-13-18(25)5-7-19(8-6-18)26-11-12-27-19/h1-4,25H,5-13H2,(H,20,24)(H,21,23). The van der Waals surface area contributed by atoms with E-state index in [1.165, 1.54) is 0 Å². The SMILES string of the molecule is O=C(NCC1(O)CCC2(CC1)OCCO2)c1ccc(N2CCNC2=O)cc1. The van der Waals surface area contributed by atoms with Crippen LogP contribution in [0.5, 0.6) is 0 Å². The summed E-state index contributed by atoms with van der Waals surface area (Å²) in [6.45, 7) is 2.63. The van der Waals surface area contributed by atoms with Crippen LogP contribution in [0, 0.1) is 0 Å². The molecule has 0 bridgehead atoms. The number of urea groups is 1. The minimum Gasteiger partial charge on any atom is -0.388 e. The van der Waals surface area contributed by atoms with Crippen molar-refractivity contribution >= 4 is 17.6 Å². The summed E-state index contributed by atoms with van der Waals surface area (Å²) < 4.78 is 11.4. The van der Waals surface area contributed by atoms with Gasteiger partial charge in [-0.1, -0.05) is 0 Å². The van der Waals surface area contributed by atoms with E-state index in [1.807, 2.05) is 0 Å². The van der Waals surface area contributed by atoms with Gasteiger partial charge in [-0.3, -0.25) is 9.69 Å². The van der Waals surface area contributed by atoms with Gasteiger partial charge in [-0.2, -0.15) is 0 Å². The van der Waals surface area contributed by atoms with Crippen molar-refractivity contribution < 1.29 is 24.2 Å². The molecule has 0 unspecified atom stereocenters. The van der Waals surface area contributed by atoms with E-state index in [0.29, 0.717) is 57.6 Å². The van der Waals surface area contributed by atoms with Gasteiger partial charge >= 0.3 is 6.03 Å². The first-order valence-corrected chi connectivity index (χ1v) is 9.43. The fraction of sp³-hybridized carbons (Fsp3) is 0.579. The number of hydrogen-bond acceptors (Lipinski definition) is 5. The number of amides is 3. The first kappa shape index (κ1) is 18.2. The van der Waals surface area contributed by atoms with Crippen LogP contribution in [0.25, 0.3) is 0 Å². The Balaban J connectivity index is 1.31. The zero-order valence-electron chi connectivity index (χ0n) is 15.2. The molecule has 27 heavy (non-hydrogen) atoms. The molecule has 0 aromatic heterocycles. The molecule has 1 spiro atoms. The summed E-state index contributed by atoms with van der Waals surface area (Å²) in [4.78, 5) is 25.7. The second-order valence-electron chi connectivity index (χ2n) is 7.45. The smallest absolute Gasteiger partial charge is 0.321 e. The zero-order valence-corrected chi connectivity index (χ0v) is 15.2. The Morgan fingerprint density at radius 3 is 2.41 bits per heavy atom. The topological polar surface area (TPSA) is 100 Å². The third kappa shape index (κ3) is 3.78. The molecule has 8 heteroatoms. The summed E-state index contributed by atoms with van der Waals surface area (Å²) >= 11 is 0. The van der Waals surface area contributed by atoms with Crippen LogP contribution in [-0.2, 0) is 9.47 Å². The predicted octanol–water partition coefficient (Wildman–Crippen LogP) is 0.994. The number of aliphatic hydroxyl groups is 1. The molecule has 4 rings (SSSR count). The van der Waals surface area contributed by atoms with Gasteiger partial charge in [0.15, 0.2) is 5.79 Å². The second kappa shape index (κ2) is 7.10. The highest BCUT2D eigenvalue weighted by Crippen LogP contribution is 2.39. The molecule has 3 aliphatic rings. The summed E-state index contributed by atoms with van der Waals surface area (Å²) in [5.41, 5.74) is 0.315. The first-order chi connectivity index (χ1) is 13.0. The Hall–Kier alpha value is -2.16. The molecule has 1 saturated carbocycles. The fourth-order valence-electron chi connectivity index (χ4n) is 3.92. The average Bonchev–Trinajstić information content (AvgIpc) is 3.32. The van der Waals surface area contributed by atoms with E-state index >= 15 is 0 Å². The molecule has 146 valence electrons. The number of nitrogens with zero attached hydrogens (tertiary/aromatic N) is 1. The van der Waals surface area contributed by atoms with Crippen molar-refractivity contribution in [1.82, 2.24) is 10.6 Å². The maximum atomic E-state index is 12.4. The quantitative estimate of drug-likeness (QED) is 0.729. The maximum Gasteiger partial charge on any atom is 0.321 e. The summed E-state index contributed by atoms with van der Waals surface area (Å²) in [5, 5.41) is 16.3. The third-order valence-electron chi connectivity index (χ3n) is 5.63. The van der Waals surface area contributed by atoms with Gasteiger partial charge in [-0.15, -0.1) is 0 Å². The highest BCUT2D eigenvalue weighted by Gasteiger charge is 2.45. The largest absolute Gasteiger partial charge is 0.388 e. The molecule has 2 saturated heterocycles. The fourth-order valence-corrected chi connectivity index (χ4v) is 3.92. The van der Waals surface area contributed by atoms with Crippen LogP contribution in [-0.4, -0.2) is 61.3 Å². The summed E-state index contributed by atoms with van der Waals surface area (Å²) in [7, 11) is 0. The minimum atomic E-state index is -0.941. The number of carbonyl (C=O) groups excluding carboxylic acids is 2. The van der Waals surface area contributed by atoms with Crippen molar-refractivity contribution in [2.75, 3.05) is 37.7 Å². The number of nitrogens with one attached hydrogen (secondary N) is 2. The molecular weight excluding hydrogens is 350 g/mol. The number of carbonyl (C=O) groups is 2. The lowest BCUT2D eigenvalue weighted by atomic mass is 9.81. The van der Waals surface area contributed by atoms with Crippen molar-refractivity contribution in [2.45, 2.75) is 37.1 Å². The van der Waals surface area contributed by atoms with Crippen LogP contribution < -0.4 is 15.5 Å². The van der Waals surface area contributed by atoms with Crippen LogP contribution in [0.3, 0.4) is 0 Å². The Labute approximate surface area is 157 Å². The number of rotatable bonds is 4. The zero-order chi connectivity index (χ0) is 18.9. The molecule has 3 amide bonds. The molecule has 3 N–H and O–H groups in total. The van der Waals surface area contributed by atoms with Gasteiger partial charge in [-0.05, 0) is 37.1 Å². The van der Waals surface area contributed by atoms with Crippen molar-refractivity contribution in [1.29, 1.82) is 0 Å². The van der Waals surface area contributed by atoms with Crippen LogP contribution >= 0.6 is 0 Å². The van der Waals surface area contributed by atoms with E-state index in [0.717, 1.165) is 5.69 Å². The molecule has 0 radical (unpaired) electrons. The van der Waals surface area contributed by atoms with E-state index in [1.54, 1.807) is 29.2 Å². The maximum absolute atomic E-state index is 12.4. The molecule has 0 atom stereocenters. The molecule has 1 aromatic carbocycles. The third-order valence-corrected chi connectivity index (χ3v) is 5.63. The first-order valence-electron chi connectivity index (χ1n) is 9.43. The molecule has 1 aliphatic carbocycles. The van der Waals surface area contributed by atoms with E-state index in [2.05, 4.69) is 10.6 Å². The van der Waals surface area contributed by atoms with Crippen LogP contribution in [0.15, 0.2) is 24.3 Å². The Kier molecular flexibility index (Phi) is 4.79. The molecule has 1 aromatic rings. The summed E-state index contributed by atoms with van der Waals surface area (Å²) in [6, 6.07) is 6.77. The molecule has 2 aliphatic heterocycles. The molecular formula is C19H25N3O5. The monoisotopic (exact) mass is 375 g/mol. The predicted molar refractivity (Wildman–Crippen MR) is 97.6 cm³/mol. The number of hydrogen-bond donors (Lipinski definition) is 3. The van der Waals surface area contributed by atoms with E-state index in [9.17, 15) is 14.7 Å². The van der Waals surface area contributed by atoms with Gasteiger partial charge < -0.3 is 25.2 Å². The summed E-state index contributed by atoms with van der Waals surface area (Å²) in [6.07, 6.45) is 2.31. The lowest BCUT2D eigenvalue weighted by Crippen LogP contribution is -2.49. The second-order valence-corrected chi connectivity index (χ2v) is 7.45. The highest BCUT2D eigenvalue weighted by atomic mass is 16.7. The Morgan fingerprint density at radius 2 is 1.81 bits per heavy atom. The summed E-state index contributed by atoms with van der Waals surface area (Å²) in [5.74, 6) is -0.775. The van der Waals surface area contributed by atoms with Crippen LogP contribution in [0.2, 0.25) is 0 Å². The number of anilines is 1. The van der Waals surface area contributed by atoms with Gasteiger partial charge in [0.05, 0.1) is 18.8 Å². The highest BCUT2D eigenvalue weighted by molar-refractivity contribution is 5.97.